The molecule has 4 rings (SSSR count). The van der Waals surface area contributed by atoms with Gasteiger partial charge in [-0.15, -0.1) is 11.3 Å². The fourth-order valence-corrected chi connectivity index (χ4v) is 4.78. The van der Waals surface area contributed by atoms with Crippen LogP contribution in [0.1, 0.15) is 28.0 Å². The molecule has 170 valence electrons. The van der Waals surface area contributed by atoms with Crippen molar-refractivity contribution in [3.63, 3.8) is 0 Å². The number of carbonyl (C=O) groups is 1. The molecule has 0 radical (unpaired) electrons. The first-order valence-corrected chi connectivity index (χ1v) is 11.9. The summed E-state index contributed by atoms with van der Waals surface area (Å²) in [4.78, 5) is 22.2. The summed E-state index contributed by atoms with van der Waals surface area (Å²) in [6, 6.07) is 15.3. The quantitative estimate of drug-likeness (QED) is 0.320. The number of hydrogen-bond acceptors (Lipinski definition) is 6. The van der Waals surface area contributed by atoms with Crippen molar-refractivity contribution in [3.05, 3.63) is 74.8 Å². The van der Waals surface area contributed by atoms with E-state index in [0.717, 1.165) is 22.5 Å². The first-order valence-electron chi connectivity index (χ1n) is 10.3. The predicted molar refractivity (Wildman–Crippen MR) is 135 cm³/mol. The van der Waals surface area contributed by atoms with Gasteiger partial charge in [0, 0.05) is 12.0 Å². The zero-order chi connectivity index (χ0) is 23.5. The monoisotopic (exact) mass is 500 g/mol. The van der Waals surface area contributed by atoms with Gasteiger partial charge in [0.25, 0.3) is 5.91 Å². The topological polar surface area (TPSA) is 104 Å². The van der Waals surface area contributed by atoms with Gasteiger partial charge < -0.3 is 16.2 Å². The highest BCUT2D eigenvalue weighted by Gasteiger charge is 2.22. The Bertz CT molecular complexity index is 1310. The largest absolute Gasteiger partial charge is 0.397 e. The zero-order valence-electron chi connectivity index (χ0n) is 17.8. The maximum absolute atomic E-state index is 11.9. The second-order valence-electron chi connectivity index (χ2n) is 7.82. The molecule has 4 N–H and O–H groups in total. The average molecular weight is 501 g/mol. The van der Waals surface area contributed by atoms with E-state index in [1.165, 1.54) is 0 Å². The fraction of sp³-hybridized carbons (Fsp3) is 0.208. The molecule has 6 nitrogen and oxygen atoms in total. The van der Waals surface area contributed by atoms with E-state index in [9.17, 15) is 4.79 Å². The minimum Gasteiger partial charge on any atom is -0.397 e. The number of anilines is 1. The fourth-order valence-electron chi connectivity index (χ4n) is 3.52. The first kappa shape index (κ1) is 23.4. The van der Waals surface area contributed by atoms with Crippen LogP contribution in [0.5, 0.6) is 0 Å². The maximum atomic E-state index is 11.9. The van der Waals surface area contributed by atoms with Crippen molar-refractivity contribution in [1.29, 1.82) is 0 Å². The molecule has 4 aromatic rings. The van der Waals surface area contributed by atoms with Crippen molar-refractivity contribution >= 4 is 56.3 Å². The minimum atomic E-state index is -0.597. The number of nitrogen functional groups attached to an aromatic ring is 1. The number of nitrogens with two attached hydrogens (primary N) is 2. The van der Waals surface area contributed by atoms with Crippen molar-refractivity contribution < 1.29 is 9.53 Å². The molecule has 33 heavy (non-hydrogen) atoms. The number of amides is 1. The van der Waals surface area contributed by atoms with Gasteiger partial charge in [0.05, 0.1) is 40.0 Å². The lowest BCUT2D eigenvalue weighted by atomic mass is 10.1. The van der Waals surface area contributed by atoms with Gasteiger partial charge in [0.15, 0.2) is 0 Å². The van der Waals surface area contributed by atoms with Gasteiger partial charge in [-0.1, -0.05) is 66.5 Å². The van der Waals surface area contributed by atoms with Gasteiger partial charge in [0.1, 0.15) is 15.5 Å². The molecule has 0 bridgehead atoms. The van der Waals surface area contributed by atoms with Crippen molar-refractivity contribution in [2.24, 2.45) is 11.7 Å². The van der Waals surface area contributed by atoms with E-state index < -0.39 is 5.91 Å². The summed E-state index contributed by atoms with van der Waals surface area (Å²) in [6.07, 6.45) is 0.586. The van der Waals surface area contributed by atoms with Crippen molar-refractivity contribution in [1.82, 2.24) is 9.97 Å². The summed E-state index contributed by atoms with van der Waals surface area (Å²) in [5.41, 5.74) is 14.5. The lowest BCUT2D eigenvalue weighted by Gasteiger charge is -2.13. The normalized spacial score (nSPS) is 12.2. The minimum absolute atomic E-state index is 0.167. The molecule has 0 spiro atoms. The number of fused-ring (bicyclic) bond motifs is 1. The Morgan fingerprint density at radius 1 is 1.12 bits per heavy atom. The Balaban J connectivity index is 1.64. The lowest BCUT2D eigenvalue weighted by molar-refractivity contribution is 0.0916. The number of aromatic nitrogens is 2. The van der Waals surface area contributed by atoms with Crippen LogP contribution in [-0.4, -0.2) is 22.5 Å². The molecule has 0 aliphatic heterocycles. The number of thiophene rings is 1. The predicted octanol–water partition coefficient (Wildman–Crippen LogP) is 5.74. The van der Waals surface area contributed by atoms with Crippen LogP contribution in [0.2, 0.25) is 10.0 Å². The molecule has 2 aromatic carbocycles. The number of nitrogens with zero attached hydrogens (tertiary/aromatic N) is 2. The van der Waals surface area contributed by atoms with Gasteiger partial charge >= 0.3 is 0 Å². The summed E-state index contributed by atoms with van der Waals surface area (Å²) in [5.74, 6) is 0.192. The molecule has 0 aliphatic rings. The van der Waals surface area contributed by atoms with Gasteiger partial charge in [-0.3, -0.25) is 4.79 Å². The number of rotatable bonds is 8. The van der Waals surface area contributed by atoms with Crippen LogP contribution in [0.4, 0.5) is 5.69 Å². The number of ether oxygens (including phenoxy) is 1. The number of halogens is 2. The Morgan fingerprint density at radius 3 is 2.58 bits per heavy atom. The molecule has 0 fully saturated rings. The van der Waals surface area contributed by atoms with Crippen molar-refractivity contribution in [2.45, 2.75) is 20.0 Å². The van der Waals surface area contributed by atoms with E-state index >= 15 is 0 Å². The van der Waals surface area contributed by atoms with Crippen LogP contribution in [-0.2, 0) is 17.8 Å². The Kier molecular flexibility index (Phi) is 7.14. The van der Waals surface area contributed by atoms with Crippen LogP contribution in [0.15, 0.2) is 48.5 Å². The second kappa shape index (κ2) is 10.1. The molecular formula is C24H22Cl2N4O2S. The van der Waals surface area contributed by atoms with E-state index in [4.69, 9.17) is 44.4 Å². The van der Waals surface area contributed by atoms with Crippen LogP contribution >= 0.6 is 34.5 Å². The van der Waals surface area contributed by atoms with E-state index in [0.29, 0.717) is 51.4 Å². The lowest BCUT2D eigenvalue weighted by Crippen LogP contribution is -2.12. The molecule has 0 saturated carbocycles. The smallest absolute Gasteiger partial charge is 0.260 e. The van der Waals surface area contributed by atoms with Crippen molar-refractivity contribution in [3.8, 4) is 11.3 Å². The van der Waals surface area contributed by atoms with Crippen LogP contribution in [0.3, 0.4) is 0 Å². The van der Waals surface area contributed by atoms with Gasteiger partial charge in [-0.05, 0) is 23.6 Å². The van der Waals surface area contributed by atoms with Gasteiger partial charge in [0.2, 0.25) is 0 Å². The van der Waals surface area contributed by atoms with Crippen molar-refractivity contribution in [2.75, 3.05) is 12.3 Å². The molecule has 0 saturated heterocycles. The summed E-state index contributed by atoms with van der Waals surface area (Å²) in [6.45, 7) is 3.18. The number of carbonyl (C=O) groups excluding carboxylic acids is 1. The Labute approximate surface area is 205 Å². The zero-order valence-corrected chi connectivity index (χ0v) is 20.2. The second-order valence-corrected chi connectivity index (χ2v) is 9.63. The van der Waals surface area contributed by atoms with E-state index in [2.05, 4.69) is 11.9 Å². The van der Waals surface area contributed by atoms with Crippen LogP contribution < -0.4 is 11.5 Å². The third-order valence-corrected chi connectivity index (χ3v) is 6.95. The van der Waals surface area contributed by atoms with Gasteiger partial charge in [-0.25, -0.2) is 9.97 Å². The Morgan fingerprint density at radius 2 is 1.88 bits per heavy atom. The summed E-state index contributed by atoms with van der Waals surface area (Å²) >= 11 is 13.5. The van der Waals surface area contributed by atoms with Crippen LogP contribution in [0.25, 0.3) is 21.5 Å². The highest BCUT2D eigenvalue weighted by atomic mass is 35.5. The third-order valence-electron chi connectivity index (χ3n) is 5.10. The molecule has 1 atom stereocenters. The number of benzene rings is 2. The third kappa shape index (κ3) is 5.28. The average Bonchev–Trinajstić information content (AvgIpc) is 3.12. The number of hydrogen-bond donors (Lipinski definition) is 2. The first-order chi connectivity index (χ1) is 15.8. The van der Waals surface area contributed by atoms with Gasteiger partial charge in [-0.2, -0.15) is 0 Å². The highest BCUT2D eigenvalue weighted by molar-refractivity contribution is 7.21. The molecule has 0 aliphatic carbocycles. The molecule has 2 heterocycles. The standard InChI is InChI=1S/C24H22Cl2N4O2S/c1-13(11-32-12-14-5-3-2-4-6-14)9-18-29-21(15-7-8-16(25)17(26)10-15)19-20(27)22(23(28)31)33-24(19)30-18/h2-8,10,13H,9,11-12,27H2,1H3,(H2,28,31)/t13-/m0/s1. The SMILES string of the molecule is C[C@H](COCc1ccccc1)Cc1nc(-c2ccc(Cl)c(Cl)c2)c2c(N)c(C(N)=O)sc2n1. The maximum Gasteiger partial charge on any atom is 0.260 e. The molecule has 9 heteroatoms. The van der Waals surface area contributed by atoms with Crippen LogP contribution in [0, 0.1) is 5.92 Å². The number of primary amides is 1. The summed E-state index contributed by atoms with van der Waals surface area (Å²) < 4.78 is 5.87. The molecule has 1 amide bonds. The Hall–Kier alpha value is -2.71. The summed E-state index contributed by atoms with van der Waals surface area (Å²) in [5, 5.41) is 1.42. The molecule has 0 unspecified atom stereocenters. The van der Waals surface area contributed by atoms with E-state index in [-0.39, 0.29) is 16.5 Å². The molecular weight excluding hydrogens is 479 g/mol. The van der Waals surface area contributed by atoms with E-state index in [1.54, 1.807) is 12.1 Å². The van der Waals surface area contributed by atoms with E-state index in [1.807, 2.05) is 36.4 Å². The molecule has 2 aromatic heterocycles. The highest BCUT2D eigenvalue weighted by Crippen LogP contribution is 2.39. The summed E-state index contributed by atoms with van der Waals surface area (Å²) in [7, 11) is 0.